The second-order valence-electron chi connectivity index (χ2n) is 18.3. The van der Waals surface area contributed by atoms with E-state index in [1.807, 2.05) is 0 Å². The lowest BCUT2D eigenvalue weighted by atomic mass is 9.31. The first-order chi connectivity index (χ1) is 20.4. The lowest BCUT2D eigenvalue weighted by Crippen LogP contribution is -2.68. The van der Waals surface area contributed by atoms with Gasteiger partial charge in [-0.1, -0.05) is 48.5 Å². The van der Waals surface area contributed by atoms with E-state index in [9.17, 15) is 30.3 Å². The van der Waals surface area contributed by atoms with E-state index in [0.29, 0.717) is 17.8 Å². The van der Waals surface area contributed by atoms with Gasteiger partial charge in [0.25, 0.3) is 0 Å². The number of esters is 1. The SMILES string of the molecule is CC1(C)CC[C@]2(C(=O)O[C@@H]3O[C@H](CO)[C@@H](O)[C@H](O)[C@H]3O)CC[C@]3(C)C(CC[C@@H]4[C@@]5(C)CC[C@H](O)C(C)(C)[C@@H]5CC[C@]43C)[C@@H]2C1. The summed E-state index contributed by atoms with van der Waals surface area (Å²) in [5.74, 6) is 1.21. The van der Waals surface area contributed by atoms with Gasteiger partial charge >= 0.3 is 5.97 Å². The Morgan fingerprint density at radius 1 is 0.727 bits per heavy atom. The van der Waals surface area contributed by atoms with Gasteiger partial charge in [-0.2, -0.15) is 0 Å². The largest absolute Gasteiger partial charge is 0.432 e. The third-order valence-electron chi connectivity index (χ3n) is 15.7. The molecular weight excluding hydrogens is 560 g/mol. The maximum absolute atomic E-state index is 14.4. The molecule has 8 nitrogen and oxygen atoms in total. The molecule has 0 spiro atoms. The van der Waals surface area contributed by atoms with Crippen molar-refractivity contribution in [1.82, 2.24) is 0 Å². The van der Waals surface area contributed by atoms with Crippen molar-refractivity contribution in [3.8, 4) is 0 Å². The van der Waals surface area contributed by atoms with Crippen molar-refractivity contribution in [2.75, 3.05) is 6.61 Å². The molecular formula is C36H60O8. The summed E-state index contributed by atoms with van der Waals surface area (Å²) in [7, 11) is 0. The first kappa shape index (κ1) is 33.1. The summed E-state index contributed by atoms with van der Waals surface area (Å²) in [4.78, 5) is 14.4. The van der Waals surface area contributed by atoms with Crippen molar-refractivity contribution in [3.05, 3.63) is 0 Å². The van der Waals surface area contributed by atoms with Gasteiger partial charge in [-0.05, 0) is 121 Å². The highest BCUT2D eigenvalue weighted by atomic mass is 16.7. The summed E-state index contributed by atoms with van der Waals surface area (Å²) in [6.45, 7) is 16.3. The van der Waals surface area contributed by atoms with Crippen LogP contribution < -0.4 is 0 Å². The standard InChI is InChI=1S/C36H60O8/c1-31(2)14-16-36(30(42)44-29-28(41)27(40)26(39)22(19-37)43-29)17-15-34(6)20(21(36)18-31)8-9-24-33(5)12-11-25(38)32(3,4)23(33)10-13-35(24,34)7/h20-29,37-41H,8-19H2,1-7H3/t20?,21-,22+,23-,24+,25-,26+,27-,28+,29-,33-,34+,35+,36-/m0/s1. The molecule has 0 aromatic rings. The fourth-order valence-electron chi connectivity index (χ4n) is 12.8. The minimum atomic E-state index is -1.59. The first-order valence-corrected chi connectivity index (χ1v) is 17.6. The Morgan fingerprint density at radius 3 is 2.09 bits per heavy atom. The molecule has 0 aromatic heterocycles. The highest BCUT2D eigenvalue weighted by Crippen LogP contribution is 2.77. The number of aliphatic hydroxyl groups excluding tert-OH is 5. The summed E-state index contributed by atoms with van der Waals surface area (Å²) in [6.07, 6.45) is 3.24. The number of fused-ring (bicyclic) bond motifs is 7. The van der Waals surface area contributed by atoms with Crippen molar-refractivity contribution in [2.45, 2.75) is 156 Å². The molecule has 1 heterocycles. The molecule has 6 aliphatic rings. The fraction of sp³-hybridized carbons (Fsp3) is 0.972. The Kier molecular flexibility index (Phi) is 8.00. The van der Waals surface area contributed by atoms with Gasteiger partial charge in [-0.3, -0.25) is 4.79 Å². The van der Waals surface area contributed by atoms with Crippen molar-refractivity contribution < 1.29 is 39.8 Å². The third-order valence-corrected chi connectivity index (χ3v) is 15.7. The van der Waals surface area contributed by atoms with Crippen LogP contribution in [-0.4, -0.2) is 74.9 Å². The van der Waals surface area contributed by atoms with E-state index in [2.05, 4.69) is 48.5 Å². The van der Waals surface area contributed by atoms with Gasteiger partial charge in [0.1, 0.15) is 24.4 Å². The van der Waals surface area contributed by atoms with Crippen molar-refractivity contribution in [2.24, 2.45) is 56.2 Å². The molecule has 6 fully saturated rings. The number of ether oxygens (including phenoxy) is 2. The van der Waals surface area contributed by atoms with Crippen LogP contribution in [0.2, 0.25) is 0 Å². The molecule has 1 saturated heterocycles. The predicted molar refractivity (Wildman–Crippen MR) is 165 cm³/mol. The summed E-state index contributed by atoms with van der Waals surface area (Å²) in [5.41, 5.74) is -0.300. The van der Waals surface area contributed by atoms with Gasteiger partial charge in [0.05, 0.1) is 18.1 Å². The van der Waals surface area contributed by atoms with Crippen LogP contribution in [0, 0.1) is 56.2 Å². The van der Waals surface area contributed by atoms with Gasteiger partial charge in [-0.25, -0.2) is 0 Å². The van der Waals surface area contributed by atoms with Gasteiger partial charge in [0.2, 0.25) is 6.29 Å². The van der Waals surface area contributed by atoms with Crippen LogP contribution in [0.15, 0.2) is 0 Å². The normalized spacial score (nSPS) is 54.6. The Morgan fingerprint density at radius 2 is 1.41 bits per heavy atom. The first-order valence-electron chi connectivity index (χ1n) is 17.6. The quantitative estimate of drug-likeness (QED) is 0.290. The van der Waals surface area contributed by atoms with Gasteiger partial charge < -0.3 is 35.0 Å². The van der Waals surface area contributed by atoms with Crippen LogP contribution in [0.4, 0.5) is 0 Å². The zero-order valence-corrected chi connectivity index (χ0v) is 28.2. The molecule has 252 valence electrons. The van der Waals surface area contributed by atoms with Gasteiger partial charge in [0, 0.05) is 0 Å². The zero-order valence-electron chi connectivity index (χ0n) is 28.2. The topological polar surface area (TPSA) is 137 Å². The maximum Gasteiger partial charge on any atom is 0.314 e. The van der Waals surface area contributed by atoms with E-state index >= 15 is 0 Å². The molecule has 0 amide bonds. The third kappa shape index (κ3) is 4.47. The maximum atomic E-state index is 14.4. The van der Waals surface area contributed by atoms with Crippen LogP contribution in [0.1, 0.15) is 119 Å². The molecule has 14 atom stereocenters. The van der Waals surface area contributed by atoms with Crippen LogP contribution in [0.25, 0.3) is 0 Å². The number of hydrogen-bond acceptors (Lipinski definition) is 8. The second kappa shape index (κ2) is 10.6. The monoisotopic (exact) mass is 620 g/mol. The van der Waals surface area contributed by atoms with E-state index in [-0.39, 0.29) is 45.1 Å². The minimum absolute atomic E-state index is 0.0646. The molecule has 0 radical (unpaired) electrons. The average Bonchev–Trinajstić information content (AvgIpc) is 2.95. The second-order valence-corrected chi connectivity index (χ2v) is 18.3. The van der Waals surface area contributed by atoms with E-state index in [4.69, 9.17) is 9.47 Å². The van der Waals surface area contributed by atoms with Crippen molar-refractivity contribution in [3.63, 3.8) is 0 Å². The summed E-state index contributed by atoms with van der Waals surface area (Å²) in [6, 6.07) is 0. The van der Waals surface area contributed by atoms with E-state index in [0.717, 1.165) is 70.6 Å². The summed E-state index contributed by atoms with van der Waals surface area (Å²) >= 11 is 0. The van der Waals surface area contributed by atoms with Gasteiger partial charge in [-0.15, -0.1) is 0 Å². The van der Waals surface area contributed by atoms with Crippen LogP contribution in [0.5, 0.6) is 0 Å². The molecule has 0 bridgehead atoms. The summed E-state index contributed by atoms with van der Waals surface area (Å²) in [5, 5.41) is 52.1. The molecule has 1 unspecified atom stereocenters. The number of hydrogen-bond donors (Lipinski definition) is 5. The molecule has 5 N–H and O–H groups in total. The Balaban J connectivity index is 1.32. The van der Waals surface area contributed by atoms with E-state index in [1.165, 1.54) is 0 Å². The van der Waals surface area contributed by atoms with Crippen molar-refractivity contribution >= 4 is 5.97 Å². The molecule has 44 heavy (non-hydrogen) atoms. The Labute approximate surface area is 264 Å². The van der Waals surface area contributed by atoms with E-state index in [1.54, 1.807) is 0 Å². The van der Waals surface area contributed by atoms with Gasteiger partial charge in [0.15, 0.2) is 0 Å². The predicted octanol–water partition coefficient (Wildman–Crippen LogP) is 4.57. The fourth-order valence-corrected chi connectivity index (χ4v) is 12.8. The molecule has 1 aliphatic heterocycles. The molecule has 5 saturated carbocycles. The molecule has 6 rings (SSSR count). The average molecular weight is 621 g/mol. The molecule has 0 aromatic carbocycles. The van der Waals surface area contributed by atoms with Crippen LogP contribution in [0.3, 0.4) is 0 Å². The number of carbonyl (C=O) groups excluding carboxylic acids is 1. The van der Waals surface area contributed by atoms with Crippen LogP contribution in [-0.2, 0) is 14.3 Å². The Bertz CT molecular complexity index is 1120. The number of aliphatic hydroxyl groups is 5. The lowest BCUT2D eigenvalue weighted by Gasteiger charge is -2.73. The summed E-state index contributed by atoms with van der Waals surface area (Å²) < 4.78 is 11.6. The highest BCUT2D eigenvalue weighted by Gasteiger charge is 2.71. The minimum Gasteiger partial charge on any atom is -0.432 e. The number of rotatable bonds is 3. The zero-order chi connectivity index (χ0) is 32.3. The smallest absolute Gasteiger partial charge is 0.314 e. The highest BCUT2D eigenvalue weighted by molar-refractivity contribution is 5.78. The van der Waals surface area contributed by atoms with E-state index < -0.39 is 42.7 Å². The van der Waals surface area contributed by atoms with Crippen molar-refractivity contribution in [1.29, 1.82) is 0 Å². The van der Waals surface area contributed by atoms with Crippen LogP contribution >= 0.6 is 0 Å². The lowest BCUT2D eigenvalue weighted by molar-refractivity contribution is -0.301. The number of carbonyl (C=O) groups is 1. The molecule has 8 heteroatoms. The Hall–Kier alpha value is -0.770. The molecule has 5 aliphatic carbocycles.